The summed E-state index contributed by atoms with van der Waals surface area (Å²) in [6.07, 6.45) is 0.246. The highest BCUT2D eigenvalue weighted by molar-refractivity contribution is 5.80. The highest BCUT2D eigenvalue weighted by atomic mass is 19.1. The van der Waals surface area contributed by atoms with Crippen molar-refractivity contribution in [1.82, 2.24) is 0 Å². The van der Waals surface area contributed by atoms with Crippen LogP contribution in [-0.4, -0.2) is 18.4 Å². The van der Waals surface area contributed by atoms with Crippen molar-refractivity contribution in [2.75, 3.05) is 13.3 Å². The molecule has 0 saturated heterocycles. The third-order valence-corrected chi connectivity index (χ3v) is 2.24. The maximum absolute atomic E-state index is 11.9. The van der Waals surface area contributed by atoms with Crippen LogP contribution in [0.3, 0.4) is 0 Å². The van der Waals surface area contributed by atoms with Crippen molar-refractivity contribution in [1.29, 1.82) is 0 Å². The van der Waals surface area contributed by atoms with E-state index in [4.69, 9.17) is 9.15 Å². The fourth-order valence-electron chi connectivity index (χ4n) is 1.44. The van der Waals surface area contributed by atoms with Crippen LogP contribution >= 0.6 is 0 Å². The van der Waals surface area contributed by atoms with E-state index in [9.17, 15) is 14.3 Å². The second kappa shape index (κ2) is 4.86. The zero-order valence-electron chi connectivity index (χ0n) is 8.98. The molecule has 1 heterocycles. The number of hydrogen-bond acceptors (Lipinski definition) is 4. The number of phenolic OH excluding ortho intramolecular Hbond substituents is 1. The number of phenols is 1. The second-order valence-electron chi connectivity index (χ2n) is 3.50. The molecule has 0 aliphatic carbocycles. The third kappa shape index (κ3) is 2.55. The Morgan fingerprint density at radius 2 is 2.18 bits per heavy atom. The van der Waals surface area contributed by atoms with Gasteiger partial charge in [-0.15, -0.1) is 0 Å². The van der Waals surface area contributed by atoms with Crippen LogP contribution in [0.2, 0.25) is 0 Å². The van der Waals surface area contributed by atoms with E-state index >= 15 is 0 Å². The lowest BCUT2D eigenvalue weighted by atomic mass is 10.2. The summed E-state index contributed by atoms with van der Waals surface area (Å²) in [6, 6.07) is 5.67. The summed E-state index contributed by atoms with van der Waals surface area (Å²) in [5.41, 5.74) is -0.150. The van der Waals surface area contributed by atoms with Crippen LogP contribution in [0.5, 0.6) is 11.5 Å². The smallest absolute Gasteiger partial charge is 0.336 e. The van der Waals surface area contributed by atoms with Crippen LogP contribution in [0.25, 0.3) is 11.0 Å². The molecule has 0 radical (unpaired) electrons. The average Bonchev–Trinajstić information content (AvgIpc) is 2.31. The number of rotatable bonds is 4. The van der Waals surface area contributed by atoms with Crippen molar-refractivity contribution < 1.29 is 18.7 Å². The van der Waals surface area contributed by atoms with Crippen molar-refractivity contribution >= 4 is 11.0 Å². The Balaban J connectivity index is 2.36. The molecule has 1 N–H and O–H groups in total. The van der Waals surface area contributed by atoms with Crippen LogP contribution in [0, 0.1) is 0 Å². The molecule has 0 fully saturated rings. The summed E-state index contributed by atoms with van der Waals surface area (Å²) in [5, 5.41) is 10.2. The second-order valence-corrected chi connectivity index (χ2v) is 3.50. The largest absolute Gasteiger partial charge is 0.504 e. The van der Waals surface area contributed by atoms with Gasteiger partial charge in [-0.25, -0.2) is 4.79 Å². The Hall–Kier alpha value is -2.04. The first kappa shape index (κ1) is 11.4. The van der Waals surface area contributed by atoms with Gasteiger partial charge in [-0.2, -0.15) is 0 Å². The topological polar surface area (TPSA) is 59.7 Å². The van der Waals surface area contributed by atoms with Gasteiger partial charge >= 0.3 is 5.63 Å². The number of benzene rings is 1. The zero-order chi connectivity index (χ0) is 12.3. The lowest BCUT2D eigenvalue weighted by molar-refractivity contribution is 0.277. The fourth-order valence-corrected chi connectivity index (χ4v) is 1.44. The van der Waals surface area contributed by atoms with Crippen molar-refractivity contribution in [3.8, 4) is 11.5 Å². The van der Waals surface area contributed by atoms with E-state index in [1.165, 1.54) is 18.2 Å². The van der Waals surface area contributed by atoms with Gasteiger partial charge in [-0.3, -0.25) is 4.39 Å². The molecular weight excluding hydrogens is 227 g/mol. The molecule has 17 heavy (non-hydrogen) atoms. The number of ether oxygens (including phenoxy) is 1. The van der Waals surface area contributed by atoms with E-state index in [-0.39, 0.29) is 24.5 Å². The standard InChI is InChI=1S/C12H11FO4/c13-4-1-5-16-11-7-10-8(6-9(11)14)2-3-12(15)17-10/h2-3,6-7,14H,1,4-5H2. The summed E-state index contributed by atoms with van der Waals surface area (Å²) >= 11 is 0. The molecule has 2 rings (SSSR count). The van der Waals surface area contributed by atoms with Gasteiger partial charge in [0.25, 0.3) is 0 Å². The molecule has 0 atom stereocenters. The van der Waals surface area contributed by atoms with Crippen LogP contribution in [0.15, 0.2) is 33.5 Å². The lowest BCUT2D eigenvalue weighted by Crippen LogP contribution is -1.99. The molecule has 4 nitrogen and oxygen atoms in total. The molecule has 0 saturated carbocycles. The van der Waals surface area contributed by atoms with Gasteiger partial charge in [0.1, 0.15) is 5.58 Å². The highest BCUT2D eigenvalue weighted by Gasteiger charge is 2.07. The van der Waals surface area contributed by atoms with Gasteiger partial charge in [-0.1, -0.05) is 0 Å². The first-order valence-corrected chi connectivity index (χ1v) is 5.16. The fraction of sp³-hybridized carbons (Fsp3) is 0.250. The molecule has 2 aromatic rings. The highest BCUT2D eigenvalue weighted by Crippen LogP contribution is 2.30. The number of halogens is 1. The minimum absolute atomic E-state index is 0.0646. The van der Waals surface area contributed by atoms with Crippen LogP contribution in [0.1, 0.15) is 6.42 Å². The molecule has 0 aliphatic rings. The van der Waals surface area contributed by atoms with E-state index in [0.717, 1.165) is 0 Å². The maximum atomic E-state index is 11.9. The van der Waals surface area contributed by atoms with E-state index in [0.29, 0.717) is 11.0 Å². The average molecular weight is 238 g/mol. The third-order valence-electron chi connectivity index (χ3n) is 2.24. The van der Waals surface area contributed by atoms with Crippen molar-refractivity contribution in [2.24, 2.45) is 0 Å². The van der Waals surface area contributed by atoms with Gasteiger partial charge in [0.05, 0.1) is 13.3 Å². The Morgan fingerprint density at radius 3 is 2.94 bits per heavy atom. The molecule has 90 valence electrons. The first-order valence-electron chi connectivity index (χ1n) is 5.16. The predicted molar refractivity (Wildman–Crippen MR) is 60.2 cm³/mol. The predicted octanol–water partition coefficient (Wildman–Crippen LogP) is 2.24. The van der Waals surface area contributed by atoms with Crippen LogP contribution < -0.4 is 10.4 Å². The number of aromatic hydroxyl groups is 1. The summed E-state index contributed by atoms with van der Waals surface area (Å²) < 4.78 is 22.0. The Morgan fingerprint density at radius 1 is 1.35 bits per heavy atom. The Bertz CT molecular complexity index is 576. The molecule has 0 amide bonds. The Kier molecular flexibility index (Phi) is 3.27. The molecule has 0 aliphatic heterocycles. The molecular formula is C12H11FO4. The minimum atomic E-state index is -0.483. The van der Waals surface area contributed by atoms with E-state index < -0.39 is 12.3 Å². The van der Waals surface area contributed by atoms with Gasteiger partial charge in [0.15, 0.2) is 11.5 Å². The van der Waals surface area contributed by atoms with Gasteiger partial charge in [-0.05, 0) is 12.1 Å². The molecule has 0 spiro atoms. The zero-order valence-corrected chi connectivity index (χ0v) is 8.98. The van der Waals surface area contributed by atoms with Gasteiger partial charge < -0.3 is 14.3 Å². The molecule has 1 aromatic carbocycles. The first-order chi connectivity index (χ1) is 8.20. The molecule has 0 unspecified atom stereocenters. The monoisotopic (exact) mass is 238 g/mol. The molecule has 0 bridgehead atoms. The molecule has 5 heteroatoms. The van der Waals surface area contributed by atoms with Crippen molar-refractivity contribution in [3.63, 3.8) is 0 Å². The number of alkyl halides is 1. The van der Waals surface area contributed by atoms with E-state index in [1.54, 1.807) is 6.07 Å². The van der Waals surface area contributed by atoms with E-state index in [2.05, 4.69) is 0 Å². The number of fused-ring (bicyclic) bond motifs is 1. The van der Waals surface area contributed by atoms with Crippen LogP contribution in [0.4, 0.5) is 4.39 Å². The summed E-state index contributed by atoms with van der Waals surface area (Å²) in [7, 11) is 0. The lowest BCUT2D eigenvalue weighted by Gasteiger charge is -2.07. The summed E-state index contributed by atoms with van der Waals surface area (Å²) in [6.45, 7) is -0.323. The Labute approximate surface area is 96.2 Å². The van der Waals surface area contributed by atoms with Crippen molar-refractivity contribution in [3.05, 3.63) is 34.7 Å². The van der Waals surface area contributed by atoms with Crippen LogP contribution in [-0.2, 0) is 0 Å². The van der Waals surface area contributed by atoms with Gasteiger partial charge in [0.2, 0.25) is 0 Å². The quantitative estimate of drug-likeness (QED) is 0.655. The number of hydrogen-bond donors (Lipinski definition) is 1. The SMILES string of the molecule is O=c1ccc2cc(O)c(OCCCF)cc2o1. The molecule has 1 aromatic heterocycles. The normalized spacial score (nSPS) is 10.6. The van der Waals surface area contributed by atoms with Crippen molar-refractivity contribution in [2.45, 2.75) is 6.42 Å². The summed E-state index contributed by atoms with van der Waals surface area (Å²) in [5.74, 6) is 0.116. The van der Waals surface area contributed by atoms with Gasteiger partial charge in [0, 0.05) is 23.9 Å². The summed E-state index contributed by atoms with van der Waals surface area (Å²) in [4.78, 5) is 11.0. The minimum Gasteiger partial charge on any atom is -0.504 e. The van der Waals surface area contributed by atoms with E-state index in [1.807, 2.05) is 0 Å². The maximum Gasteiger partial charge on any atom is 0.336 e.